The Bertz CT molecular complexity index is 563. The number of thiol groups is 1. The summed E-state index contributed by atoms with van der Waals surface area (Å²) < 4.78 is 80.1. The van der Waals surface area contributed by atoms with Crippen molar-refractivity contribution in [1.29, 1.82) is 0 Å². The van der Waals surface area contributed by atoms with Crippen molar-refractivity contribution in [3.63, 3.8) is 0 Å². The zero-order valence-electron chi connectivity index (χ0n) is 12.0. The molecule has 132 valence electrons. The number of hydrogen-bond acceptors (Lipinski definition) is 4. The maximum absolute atomic E-state index is 14.2. The maximum Gasteiger partial charge on any atom is 0.419 e. The third-order valence-electron chi connectivity index (χ3n) is 3.07. The summed E-state index contributed by atoms with van der Waals surface area (Å²) >= 11 is 0. The van der Waals surface area contributed by atoms with Gasteiger partial charge in [-0.05, 0) is 12.1 Å². The van der Waals surface area contributed by atoms with E-state index in [2.05, 4.69) is 5.14 Å². The van der Waals surface area contributed by atoms with E-state index in [1.807, 2.05) is 0 Å². The highest BCUT2D eigenvalue weighted by Crippen LogP contribution is 2.36. The Kier molecular flexibility index (Phi) is 7.23. The van der Waals surface area contributed by atoms with Crippen molar-refractivity contribution in [3.05, 3.63) is 29.8 Å². The number of nitrogens with two attached hydrogens (primary N) is 1. The topological polar surface area (TPSA) is 78.6 Å². The molecule has 0 bridgehead atoms. The first-order valence-corrected chi connectivity index (χ1v) is 7.83. The van der Waals surface area contributed by atoms with Gasteiger partial charge in [-0.3, -0.25) is 0 Å². The molecule has 0 spiro atoms. The van der Waals surface area contributed by atoms with Gasteiger partial charge in [0, 0.05) is 26.1 Å². The summed E-state index contributed by atoms with van der Waals surface area (Å²) in [7, 11) is -2.62. The minimum Gasteiger partial charge on any atom is -0.490 e. The minimum absolute atomic E-state index is 0.140. The lowest BCUT2D eigenvalue weighted by molar-refractivity contribution is -0.139. The molecule has 1 heterocycles. The third-order valence-corrected chi connectivity index (χ3v) is 3.07. The molecule has 0 unspecified atom stereocenters. The lowest BCUT2D eigenvalue weighted by atomic mass is 9.98. The van der Waals surface area contributed by atoms with Crippen LogP contribution in [0.4, 0.5) is 17.6 Å². The first kappa shape index (κ1) is 19.7. The number of halogens is 4. The smallest absolute Gasteiger partial charge is 0.419 e. The van der Waals surface area contributed by atoms with Crippen LogP contribution in [0.2, 0.25) is 0 Å². The SMILES string of the molecule is FC1(COc2ccccc2C(F)(F)F)CCOCC1.N[SH](=O)=O. The molecular formula is C13H17F4NO4S. The molecule has 1 saturated heterocycles. The third kappa shape index (κ3) is 7.14. The summed E-state index contributed by atoms with van der Waals surface area (Å²) in [5.74, 6) is -0.335. The van der Waals surface area contributed by atoms with Crippen LogP contribution in [0, 0.1) is 0 Å². The molecule has 0 aromatic heterocycles. The molecule has 5 nitrogen and oxygen atoms in total. The molecule has 0 radical (unpaired) electrons. The van der Waals surface area contributed by atoms with Crippen LogP contribution >= 0.6 is 0 Å². The van der Waals surface area contributed by atoms with E-state index in [1.54, 1.807) is 0 Å². The van der Waals surface area contributed by atoms with Crippen LogP contribution in [0.3, 0.4) is 0 Å². The number of alkyl halides is 4. The van der Waals surface area contributed by atoms with Gasteiger partial charge in [0.15, 0.2) is 10.9 Å². The molecule has 1 fully saturated rings. The van der Waals surface area contributed by atoms with Crippen LogP contribution in [-0.2, 0) is 21.8 Å². The van der Waals surface area contributed by atoms with Crippen LogP contribution < -0.4 is 9.88 Å². The van der Waals surface area contributed by atoms with Crippen molar-refractivity contribution in [2.75, 3.05) is 19.8 Å². The molecule has 2 rings (SSSR count). The number of rotatable bonds is 3. The largest absolute Gasteiger partial charge is 0.490 e. The van der Waals surface area contributed by atoms with Gasteiger partial charge in [-0.1, -0.05) is 12.1 Å². The van der Waals surface area contributed by atoms with Crippen LogP contribution in [0.25, 0.3) is 0 Å². The van der Waals surface area contributed by atoms with Gasteiger partial charge < -0.3 is 9.47 Å². The quantitative estimate of drug-likeness (QED) is 0.640. The van der Waals surface area contributed by atoms with Crippen molar-refractivity contribution in [1.82, 2.24) is 0 Å². The summed E-state index contributed by atoms with van der Waals surface area (Å²) in [6, 6.07) is 4.82. The molecule has 2 N–H and O–H groups in total. The van der Waals surface area contributed by atoms with E-state index in [-0.39, 0.29) is 38.4 Å². The molecular weight excluding hydrogens is 342 g/mol. The summed E-state index contributed by atoms with van der Waals surface area (Å²) in [5, 5.41) is 4.06. The van der Waals surface area contributed by atoms with Crippen molar-refractivity contribution in [2.24, 2.45) is 5.14 Å². The Labute approximate surface area is 132 Å². The average molecular weight is 359 g/mol. The fourth-order valence-electron chi connectivity index (χ4n) is 1.92. The first-order chi connectivity index (χ1) is 10.6. The molecule has 0 amide bonds. The number of hydrogen-bond donors (Lipinski definition) is 2. The Morgan fingerprint density at radius 2 is 1.74 bits per heavy atom. The maximum atomic E-state index is 14.2. The van der Waals surface area contributed by atoms with Gasteiger partial charge in [-0.15, -0.1) is 0 Å². The molecule has 1 aliphatic heterocycles. The molecule has 1 aliphatic rings. The Morgan fingerprint density at radius 1 is 1.22 bits per heavy atom. The lowest BCUT2D eigenvalue weighted by Crippen LogP contribution is -2.37. The molecule has 10 heteroatoms. The van der Waals surface area contributed by atoms with Gasteiger partial charge in [0.2, 0.25) is 0 Å². The van der Waals surface area contributed by atoms with Crippen LogP contribution in [0.1, 0.15) is 18.4 Å². The molecule has 0 aliphatic carbocycles. The highest BCUT2D eigenvalue weighted by molar-refractivity contribution is 7.69. The van der Waals surface area contributed by atoms with E-state index in [0.717, 1.165) is 6.07 Å². The van der Waals surface area contributed by atoms with Gasteiger partial charge in [0.05, 0.1) is 5.56 Å². The predicted octanol–water partition coefficient (Wildman–Crippen LogP) is 2.07. The van der Waals surface area contributed by atoms with Gasteiger partial charge in [0.25, 0.3) is 0 Å². The normalized spacial score (nSPS) is 17.3. The zero-order chi connectivity index (χ0) is 17.5. The molecule has 0 atom stereocenters. The van der Waals surface area contributed by atoms with E-state index < -0.39 is 28.3 Å². The van der Waals surface area contributed by atoms with Gasteiger partial charge in [-0.2, -0.15) is 13.2 Å². The second kappa shape index (κ2) is 8.46. The van der Waals surface area contributed by atoms with Crippen molar-refractivity contribution >= 4 is 10.9 Å². The van der Waals surface area contributed by atoms with Gasteiger partial charge >= 0.3 is 6.18 Å². The van der Waals surface area contributed by atoms with Crippen molar-refractivity contribution in [2.45, 2.75) is 24.7 Å². The summed E-state index contributed by atoms with van der Waals surface area (Å²) in [6.45, 7) is 0.144. The second-order valence-corrected chi connectivity index (χ2v) is 5.40. The average Bonchev–Trinajstić information content (AvgIpc) is 2.45. The van der Waals surface area contributed by atoms with Crippen LogP contribution in [0.15, 0.2) is 24.3 Å². The van der Waals surface area contributed by atoms with Crippen LogP contribution in [0.5, 0.6) is 5.75 Å². The molecule has 1 aromatic carbocycles. The Morgan fingerprint density at radius 3 is 2.26 bits per heavy atom. The monoisotopic (exact) mass is 359 g/mol. The zero-order valence-corrected chi connectivity index (χ0v) is 12.9. The first-order valence-electron chi connectivity index (χ1n) is 6.59. The number of ether oxygens (including phenoxy) is 2. The fourth-order valence-corrected chi connectivity index (χ4v) is 1.92. The van der Waals surface area contributed by atoms with Crippen LogP contribution in [-0.4, -0.2) is 33.9 Å². The summed E-state index contributed by atoms with van der Waals surface area (Å²) in [6.07, 6.45) is -4.22. The van der Waals surface area contributed by atoms with E-state index in [1.165, 1.54) is 18.2 Å². The lowest BCUT2D eigenvalue weighted by Gasteiger charge is -2.29. The van der Waals surface area contributed by atoms with Gasteiger partial charge in [0.1, 0.15) is 18.0 Å². The van der Waals surface area contributed by atoms with Crippen molar-refractivity contribution < 1.29 is 35.5 Å². The van der Waals surface area contributed by atoms with Crippen molar-refractivity contribution in [3.8, 4) is 5.75 Å². The number of benzene rings is 1. The highest BCUT2D eigenvalue weighted by atomic mass is 32.2. The number of para-hydroxylation sites is 1. The van der Waals surface area contributed by atoms with Gasteiger partial charge in [-0.25, -0.2) is 17.9 Å². The van der Waals surface area contributed by atoms with E-state index >= 15 is 0 Å². The fraction of sp³-hybridized carbons (Fsp3) is 0.538. The van der Waals surface area contributed by atoms with E-state index in [9.17, 15) is 17.6 Å². The minimum atomic E-state index is -4.50. The van der Waals surface area contributed by atoms with E-state index in [0.29, 0.717) is 0 Å². The standard InChI is InChI=1S/C13H14F4O2.H3NO2S/c14-12(5-7-18-8-6-12)9-19-11-4-2-1-3-10(11)13(15,16)17;1-4(2)3/h1-4H,5-9H2;4H,(H2,1,2,3). The molecule has 23 heavy (non-hydrogen) atoms. The molecule has 0 saturated carbocycles. The summed E-state index contributed by atoms with van der Waals surface area (Å²) in [4.78, 5) is 0. The highest BCUT2D eigenvalue weighted by Gasteiger charge is 2.36. The Hall–Kier alpha value is -1.39. The Balaban J connectivity index is 0.000000593. The van der Waals surface area contributed by atoms with E-state index in [4.69, 9.17) is 17.9 Å². The second-order valence-electron chi connectivity index (χ2n) is 4.83. The predicted molar refractivity (Wildman–Crippen MR) is 75.3 cm³/mol. The summed E-state index contributed by atoms with van der Waals surface area (Å²) in [5.41, 5.74) is -2.50. The molecule has 1 aromatic rings.